The van der Waals surface area contributed by atoms with Gasteiger partial charge in [0.15, 0.2) is 0 Å². The van der Waals surface area contributed by atoms with Gasteiger partial charge in [0.05, 0.1) is 12.4 Å². The number of hydrogen-bond donors (Lipinski definition) is 2. The summed E-state index contributed by atoms with van der Waals surface area (Å²) in [6.45, 7) is 0.228. The van der Waals surface area contributed by atoms with Crippen molar-refractivity contribution in [3.8, 4) is 11.8 Å². The van der Waals surface area contributed by atoms with E-state index >= 15 is 0 Å². The van der Waals surface area contributed by atoms with Gasteiger partial charge in [0.1, 0.15) is 6.61 Å². The molecule has 0 aliphatic heterocycles. The third-order valence-electron chi connectivity index (χ3n) is 2.32. The average molecular weight is 283 g/mol. The van der Waals surface area contributed by atoms with Gasteiger partial charge in [-0.3, -0.25) is 0 Å². The summed E-state index contributed by atoms with van der Waals surface area (Å²) in [5.41, 5.74) is 1.62. The first-order valence-corrected chi connectivity index (χ1v) is 7.37. The van der Waals surface area contributed by atoms with Crippen molar-refractivity contribution in [1.29, 1.82) is 0 Å². The van der Waals surface area contributed by atoms with Gasteiger partial charge in [-0.1, -0.05) is 24.0 Å². The molecular formula is C13H17NO4S. The van der Waals surface area contributed by atoms with Crippen molar-refractivity contribution >= 4 is 10.0 Å². The van der Waals surface area contributed by atoms with Gasteiger partial charge >= 0.3 is 0 Å². The average Bonchev–Trinajstić information content (AvgIpc) is 2.42. The highest BCUT2D eigenvalue weighted by molar-refractivity contribution is 7.89. The summed E-state index contributed by atoms with van der Waals surface area (Å²) in [6.07, 6.45) is 0. The highest BCUT2D eigenvalue weighted by Gasteiger charge is 2.08. The Morgan fingerprint density at radius 2 is 2.00 bits per heavy atom. The maximum Gasteiger partial charge on any atom is 0.214 e. The Bertz CT molecular complexity index is 540. The van der Waals surface area contributed by atoms with Crippen molar-refractivity contribution in [2.45, 2.75) is 6.54 Å². The molecule has 19 heavy (non-hydrogen) atoms. The quantitative estimate of drug-likeness (QED) is 0.726. The molecule has 0 spiro atoms. The van der Waals surface area contributed by atoms with Crippen LogP contribution in [0, 0.1) is 11.8 Å². The van der Waals surface area contributed by atoms with E-state index < -0.39 is 10.0 Å². The highest BCUT2D eigenvalue weighted by Crippen LogP contribution is 2.03. The summed E-state index contributed by atoms with van der Waals surface area (Å²) in [5, 5.41) is 8.57. The van der Waals surface area contributed by atoms with Gasteiger partial charge in [0.25, 0.3) is 0 Å². The van der Waals surface area contributed by atoms with Crippen LogP contribution in [0.2, 0.25) is 0 Å². The van der Waals surface area contributed by atoms with E-state index in [2.05, 4.69) is 16.6 Å². The van der Waals surface area contributed by atoms with Crippen LogP contribution in [-0.4, -0.2) is 39.6 Å². The van der Waals surface area contributed by atoms with Crippen LogP contribution in [0.4, 0.5) is 0 Å². The second-order valence-electron chi connectivity index (χ2n) is 3.79. The van der Waals surface area contributed by atoms with E-state index in [0.717, 1.165) is 11.1 Å². The van der Waals surface area contributed by atoms with E-state index in [4.69, 9.17) is 9.84 Å². The van der Waals surface area contributed by atoms with Crippen LogP contribution in [0.15, 0.2) is 24.3 Å². The zero-order valence-electron chi connectivity index (χ0n) is 10.7. The topological polar surface area (TPSA) is 75.6 Å². The Kier molecular flexibility index (Phi) is 6.53. The minimum Gasteiger partial charge on any atom is -0.384 e. The molecule has 6 heteroatoms. The maximum absolute atomic E-state index is 11.5. The lowest BCUT2D eigenvalue weighted by molar-refractivity contribution is 0.217. The van der Waals surface area contributed by atoms with Crippen LogP contribution >= 0.6 is 0 Å². The monoisotopic (exact) mass is 283 g/mol. The van der Waals surface area contributed by atoms with Crippen LogP contribution in [0.3, 0.4) is 0 Å². The van der Waals surface area contributed by atoms with Gasteiger partial charge in [0, 0.05) is 19.2 Å². The number of benzene rings is 1. The molecule has 1 aromatic carbocycles. The van der Waals surface area contributed by atoms with Crippen molar-refractivity contribution in [3.63, 3.8) is 0 Å². The van der Waals surface area contributed by atoms with Crippen molar-refractivity contribution in [3.05, 3.63) is 35.4 Å². The zero-order chi connectivity index (χ0) is 14.1. The molecule has 0 radical (unpaired) electrons. The van der Waals surface area contributed by atoms with Crippen molar-refractivity contribution < 1.29 is 18.3 Å². The Morgan fingerprint density at radius 1 is 1.32 bits per heavy atom. The first kappa shape index (κ1) is 15.7. The van der Waals surface area contributed by atoms with E-state index in [1.165, 1.54) is 7.11 Å². The second kappa shape index (κ2) is 7.92. The molecule has 0 bridgehead atoms. The molecule has 0 heterocycles. The van der Waals surface area contributed by atoms with Crippen LogP contribution in [0.5, 0.6) is 0 Å². The van der Waals surface area contributed by atoms with Gasteiger partial charge < -0.3 is 9.84 Å². The largest absolute Gasteiger partial charge is 0.384 e. The summed E-state index contributed by atoms with van der Waals surface area (Å²) in [4.78, 5) is 0. The van der Waals surface area contributed by atoms with Crippen LogP contribution in [0.1, 0.15) is 11.1 Å². The van der Waals surface area contributed by atoms with E-state index in [0.29, 0.717) is 0 Å². The third kappa shape index (κ3) is 6.36. The van der Waals surface area contributed by atoms with Crippen LogP contribution in [-0.2, 0) is 21.3 Å². The van der Waals surface area contributed by atoms with Gasteiger partial charge in [-0.15, -0.1) is 0 Å². The van der Waals surface area contributed by atoms with Gasteiger partial charge in [-0.2, -0.15) is 0 Å². The summed E-state index contributed by atoms with van der Waals surface area (Å²) >= 11 is 0. The number of sulfonamides is 1. The van der Waals surface area contributed by atoms with Crippen LogP contribution in [0.25, 0.3) is 0 Å². The fraction of sp³-hybridized carbons (Fsp3) is 0.385. The summed E-state index contributed by atoms with van der Waals surface area (Å²) in [7, 11) is -1.84. The number of aliphatic hydroxyl groups is 1. The maximum atomic E-state index is 11.5. The second-order valence-corrected chi connectivity index (χ2v) is 5.72. The third-order valence-corrected chi connectivity index (χ3v) is 3.61. The molecule has 2 N–H and O–H groups in total. The summed E-state index contributed by atoms with van der Waals surface area (Å²) < 4.78 is 30.3. The predicted molar refractivity (Wildman–Crippen MR) is 72.9 cm³/mol. The molecule has 0 aliphatic rings. The standard InChI is InChI=1S/C13H17NO4S/c1-18-9-10-19(16,17)14-11-13-6-4-12(5-7-13)3-2-8-15/h4-7,14-15H,8-11H2,1H3. The number of ether oxygens (including phenoxy) is 1. The zero-order valence-corrected chi connectivity index (χ0v) is 11.5. The minimum atomic E-state index is -3.30. The summed E-state index contributed by atoms with van der Waals surface area (Å²) in [5.74, 6) is 5.26. The molecule has 0 aromatic heterocycles. The molecule has 1 rings (SSSR count). The summed E-state index contributed by atoms with van der Waals surface area (Å²) in [6, 6.07) is 7.14. The van der Waals surface area contributed by atoms with Gasteiger partial charge in [-0.05, 0) is 17.7 Å². The first-order chi connectivity index (χ1) is 9.07. The number of methoxy groups -OCH3 is 1. The Morgan fingerprint density at radius 3 is 2.58 bits per heavy atom. The molecule has 0 fully saturated rings. The molecule has 0 unspecified atom stereocenters. The number of aliphatic hydroxyl groups excluding tert-OH is 1. The molecule has 5 nitrogen and oxygen atoms in total. The molecule has 0 saturated heterocycles. The van der Waals surface area contributed by atoms with E-state index in [1.807, 2.05) is 0 Å². The predicted octanol–water partition coefficient (Wildman–Crippen LogP) is 0.0962. The van der Waals surface area contributed by atoms with E-state index in [9.17, 15) is 8.42 Å². The van der Waals surface area contributed by atoms with Gasteiger partial charge in [0.2, 0.25) is 10.0 Å². The SMILES string of the molecule is COCCS(=O)(=O)NCc1ccc(C#CCO)cc1. The van der Waals surface area contributed by atoms with Crippen molar-refractivity contribution in [2.75, 3.05) is 26.1 Å². The fourth-order valence-electron chi connectivity index (χ4n) is 1.31. The molecule has 104 valence electrons. The lowest BCUT2D eigenvalue weighted by atomic mass is 10.1. The Labute approximate surface area is 113 Å². The van der Waals surface area contributed by atoms with Crippen LogP contribution < -0.4 is 4.72 Å². The molecular weight excluding hydrogens is 266 g/mol. The van der Waals surface area contributed by atoms with E-state index in [-0.39, 0.29) is 25.5 Å². The fourth-order valence-corrected chi connectivity index (χ4v) is 2.22. The van der Waals surface area contributed by atoms with E-state index in [1.54, 1.807) is 24.3 Å². The lowest BCUT2D eigenvalue weighted by Gasteiger charge is -2.06. The normalized spacial score (nSPS) is 10.8. The van der Waals surface area contributed by atoms with Crippen molar-refractivity contribution in [1.82, 2.24) is 4.72 Å². The lowest BCUT2D eigenvalue weighted by Crippen LogP contribution is -2.27. The van der Waals surface area contributed by atoms with Gasteiger partial charge in [-0.25, -0.2) is 13.1 Å². The Balaban J connectivity index is 2.54. The number of rotatable bonds is 6. The number of nitrogens with one attached hydrogen (secondary N) is 1. The molecule has 1 aromatic rings. The Hall–Kier alpha value is -1.39. The molecule has 0 aliphatic carbocycles. The number of hydrogen-bond acceptors (Lipinski definition) is 4. The molecule has 0 saturated carbocycles. The molecule has 0 amide bonds. The molecule has 0 atom stereocenters. The highest BCUT2D eigenvalue weighted by atomic mass is 32.2. The minimum absolute atomic E-state index is 0.0520. The van der Waals surface area contributed by atoms with Crippen molar-refractivity contribution in [2.24, 2.45) is 0 Å². The first-order valence-electron chi connectivity index (χ1n) is 5.72. The smallest absolute Gasteiger partial charge is 0.214 e.